The minimum absolute atomic E-state index is 0.164. The third-order valence-electron chi connectivity index (χ3n) is 6.93. The highest BCUT2D eigenvalue weighted by molar-refractivity contribution is 7.88. The lowest BCUT2D eigenvalue weighted by atomic mass is 9.94. The number of fused-ring (bicyclic) bond motifs is 1. The number of aromatic nitrogens is 2. The van der Waals surface area contributed by atoms with Crippen LogP contribution in [0.15, 0.2) is 6.20 Å². The van der Waals surface area contributed by atoms with Crippen molar-refractivity contribution in [3.8, 4) is 0 Å². The lowest BCUT2D eigenvalue weighted by molar-refractivity contribution is 0.0148. The molecular weight excluding hydrogens is 470 g/mol. The fourth-order valence-corrected chi connectivity index (χ4v) is 5.69. The number of anilines is 1. The Hall–Kier alpha value is -1.98. The van der Waals surface area contributed by atoms with E-state index in [2.05, 4.69) is 9.88 Å². The molecule has 0 spiro atoms. The molecule has 11 heteroatoms. The summed E-state index contributed by atoms with van der Waals surface area (Å²) in [7, 11) is -3.20. The average molecular weight is 510 g/mol. The van der Waals surface area contributed by atoms with Gasteiger partial charge >= 0.3 is 6.09 Å². The van der Waals surface area contributed by atoms with Gasteiger partial charge in [0.1, 0.15) is 5.60 Å². The number of nitrogens with zero attached hydrogens (tertiary/aromatic N) is 5. The van der Waals surface area contributed by atoms with Gasteiger partial charge in [-0.15, -0.1) is 0 Å². The van der Waals surface area contributed by atoms with E-state index in [4.69, 9.17) is 14.5 Å². The van der Waals surface area contributed by atoms with Gasteiger partial charge in [0.15, 0.2) is 0 Å². The van der Waals surface area contributed by atoms with Crippen LogP contribution >= 0.6 is 0 Å². The van der Waals surface area contributed by atoms with Gasteiger partial charge in [-0.2, -0.15) is 4.31 Å². The Morgan fingerprint density at radius 3 is 2.57 bits per heavy atom. The Balaban J connectivity index is 1.18. The maximum Gasteiger partial charge on any atom is 0.410 e. The summed E-state index contributed by atoms with van der Waals surface area (Å²) in [5.74, 6) is 1.28. The van der Waals surface area contributed by atoms with Crippen molar-refractivity contribution in [2.75, 3.05) is 50.5 Å². The first kappa shape index (κ1) is 26.1. The topological polar surface area (TPSA) is 105 Å². The molecule has 0 N–H and O–H groups in total. The summed E-state index contributed by atoms with van der Waals surface area (Å²) in [6.07, 6.45) is 7.49. The van der Waals surface area contributed by atoms with E-state index in [0.717, 1.165) is 69.7 Å². The minimum atomic E-state index is -3.20. The van der Waals surface area contributed by atoms with Crippen LogP contribution in [0.25, 0.3) is 0 Å². The summed E-state index contributed by atoms with van der Waals surface area (Å²) in [6.45, 7) is 10.3. The molecule has 10 nitrogen and oxygen atoms in total. The maximum atomic E-state index is 12.2. The summed E-state index contributed by atoms with van der Waals surface area (Å²) in [4.78, 5) is 25.5. The lowest BCUT2D eigenvalue weighted by Crippen LogP contribution is -2.41. The van der Waals surface area contributed by atoms with Crippen molar-refractivity contribution in [2.24, 2.45) is 5.92 Å². The third-order valence-corrected chi connectivity index (χ3v) is 8.18. The van der Waals surface area contributed by atoms with Gasteiger partial charge in [-0.1, -0.05) is 0 Å². The molecule has 0 radical (unpaired) electrons. The molecule has 3 aliphatic heterocycles. The van der Waals surface area contributed by atoms with Crippen LogP contribution in [0.1, 0.15) is 57.7 Å². The molecule has 1 amide bonds. The highest BCUT2D eigenvalue weighted by Crippen LogP contribution is 2.25. The second-order valence-corrected chi connectivity index (χ2v) is 12.9. The van der Waals surface area contributed by atoms with Crippen LogP contribution < -0.4 is 4.90 Å². The largest absolute Gasteiger partial charge is 0.444 e. The van der Waals surface area contributed by atoms with Crippen molar-refractivity contribution in [1.82, 2.24) is 19.2 Å². The molecular formula is C24H39N5O5S. The van der Waals surface area contributed by atoms with Crippen LogP contribution in [0.4, 0.5) is 10.7 Å². The van der Waals surface area contributed by atoms with Gasteiger partial charge in [-0.25, -0.2) is 23.2 Å². The Morgan fingerprint density at radius 2 is 1.89 bits per heavy atom. The van der Waals surface area contributed by atoms with Gasteiger partial charge in [0.2, 0.25) is 16.0 Å². The number of piperidine rings is 1. The van der Waals surface area contributed by atoms with Crippen LogP contribution in [-0.4, -0.2) is 91.0 Å². The van der Waals surface area contributed by atoms with E-state index >= 15 is 0 Å². The van der Waals surface area contributed by atoms with Crippen molar-refractivity contribution < 1.29 is 22.7 Å². The van der Waals surface area contributed by atoms with Gasteiger partial charge in [-0.05, 0) is 52.4 Å². The highest BCUT2D eigenvalue weighted by atomic mass is 32.2. The predicted octanol–water partition coefficient (Wildman–Crippen LogP) is 2.43. The Morgan fingerprint density at radius 1 is 1.14 bits per heavy atom. The first-order valence-electron chi connectivity index (χ1n) is 12.6. The SMILES string of the molecule is CC(C)(C)OC(=O)N1CCC(CCO[C@H]2CCN(c3ncc4c(n3)CCN(S(C)(=O)=O)C4)C2)CC1. The first-order chi connectivity index (χ1) is 16.5. The molecule has 2 saturated heterocycles. The number of ether oxygens (including phenoxy) is 2. The molecule has 0 aromatic carbocycles. The molecule has 4 rings (SSSR count). The van der Waals surface area contributed by atoms with Crippen LogP contribution in [-0.2, 0) is 32.5 Å². The number of amides is 1. The predicted molar refractivity (Wildman–Crippen MR) is 133 cm³/mol. The standard InChI is InChI=1S/C24H39N5O5S/c1-24(2,3)34-23(30)27-10-5-18(6-11-27)9-14-33-20-7-12-28(17-20)22-25-15-19-16-29(35(4,31)32)13-8-21(19)26-22/h15,18,20H,5-14,16-17H2,1-4H3/t20-/m0/s1. The fourth-order valence-electron chi connectivity index (χ4n) is 4.89. The smallest absolute Gasteiger partial charge is 0.410 e. The zero-order valence-electron chi connectivity index (χ0n) is 21.4. The molecule has 4 heterocycles. The molecule has 0 aliphatic carbocycles. The molecule has 1 aromatic heterocycles. The first-order valence-corrected chi connectivity index (χ1v) is 14.5. The summed E-state index contributed by atoms with van der Waals surface area (Å²) < 4.78 is 36.8. The van der Waals surface area contributed by atoms with Gasteiger partial charge < -0.3 is 19.3 Å². The van der Waals surface area contributed by atoms with Crippen molar-refractivity contribution in [3.63, 3.8) is 0 Å². The van der Waals surface area contributed by atoms with E-state index in [1.807, 2.05) is 25.7 Å². The summed E-state index contributed by atoms with van der Waals surface area (Å²) in [5, 5.41) is 0. The van der Waals surface area contributed by atoms with E-state index in [1.54, 1.807) is 6.20 Å². The Kier molecular flexibility index (Phi) is 7.87. The number of carbonyl (C=O) groups is 1. The molecule has 35 heavy (non-hydrogen) atoms. The number of hydrogen-bond donors (Lipinski definition) is 0. The van der Waals surface area contributed by atoms with E-state index in [9.17, 15) is 13.2 Å². The van der Waals surface area contributed by atoms with E-state index in [1.165, 1.54) is 10.6 Å². The summed E-state index contributed by atoms with van der Waals surface area (Å²) in [5.41, 5.74) is 1.37. The zero-order valence-corrected chi connectivity index (χ0v) is 22.2. The number of rotatable bonds is 6. The molecule has 1 aromatic rings. The zero-order chi connectivity index (χ0) is 25.2. The molecule has 0 saturated carbocycles. The Bertz CT molecular complexity index is 1000. The van der Waals surface area contributed by atoms with Crippen LogP contribution in [0.3, 0.4) is 0 Å². The van der Waals surface area contributed by atoms with Crippen molar-refractivity contribution in [2.45, 2.75) is 71.1 Å². The highest BCUT2D eigenvalue weighted by Gasteiger charge is 2.30. The molecule has 196 valence electrons. The number of likely N-dealkylation sites (tertiary alicyclic amines) is 1. The normalized spacial score (nSPS) is 22.3. The molecule has 0 bridgehead atoms. The van der Waals surface area contributed by atoms with Gasteiger partial charge in [0, 0.05) is 64.1 Å². The van der Waals surface area contributed by atoms with Crippen LogP contribution in [0.5, 0.6) is 0 Å². The van der Waals surface area contributed by atoms with Gasteiger partial charge in [0.25, 0.3) is 0 Å². The fraction of sp³-hybridized carbons (Fsp3) is 0.792. The van der Waals surface area contributed by atoms with E-state index in [-0.39, 0.29) is 12.2 Å². The minimum Gasteiger partial charge on any atom is -0.444 e. The molecule has 2 fully saturated rings. The average Bonchev–Trinajstić information content (AvgIpc) is 3.26. The maximum absolute atomic E-state index is 12.2. The number of sulfonamides is 1. The second kappa shape index (κ2) is 10.6. The van der Waals surface area contributed by atoms with Crippen molar-refractivity contribution in [3.05, 3.63) is 17.5 Å². The number of carbonyl (C=O) groups excluding carboxylic acids is 1. The molecule has 1 atom stereocenters. The second-order valence-electron chi connectivity index (χ2n) is 10.9. The van der Waals surface area contributed by atoms with Gasteiger partial charge in [0.05, 0.1) is 18.1 Å². The van der Waals surface area contributed by atoms with Crippen LogP contribution in [0, 0.1) is 5.92 Å². The monoisotopic (exact) mass is 509 g/mol. The summed E-state index contributed by atoms with van der Waals surface area (Å²) in [6, 6.07) is 0. The summed E-state index contributed by atoms with van der Waals surface area (Å²) >= 11 is 0. The van der Waals surface area contributed by atoms with Crippen molar-refractivity contribution in [1.29, 1.82) is 0 Å². The molecule has 3 aliphatic rings. The Labute approximate surface area is 209 Å². The van der Waals surface area contributed by atoms with E-state index in [0.29, 0.717) is 31.4 Å². The molecule has 0 unspecified atom stereocenters. The van der Waals surface area contributed by atoms with Crippen molar-refractivity contribution >= 4 is 22.1 Å². The third kappa shape index (κ3) is 7.04. The lowest BCUT2D eigenvalue weighted by Gasteiger charge is -2.33. The van der Waals surface area contributed by atoms with Crippen LogP contribution in [0.2, 0.25) is 0 Å². The van der Waals surface area contributed by atoms with E-state index < -0.39 is 15.6 Å². The quantitative estimate of drug-likeness (QED) is 0.576. The number of hydrogen-bond acceptors (Lipinski definition) is 8. The van der Waals surface area contributed by atoms with Gasteiger partial charge in [-0.3, -0.25) is 0 Å².